The van der Waals surface area contributed by atoms with Crippen LogP contribution in [0, 0.1) is 0 Å². The van der Waals surface area contributed by atoms with Crippen molar-refractivity contribution in [1.29, 1.82) is 0 Å². The van der Waals surface area contributed by atoms with E-state index in [2.05, 4.69) is 17.4 Å². The van der Waals surface area contributed by atoms with Gasteiger partial charge in [0.15, 0.2) is 0 Å². The Bertz CT molecular complexity index is 1340. The molecule has 0 saturated carbocycles. The third-order valence-electron chi connectivity index (χ3n) is 6.15. The molecule has 0 radical (unpaired) electrons. The quantitative estimate of drug-likeness (QED) is 0.279. The number of methoxy groups -OCH3 is 2. The van der Waals surface area contributed by atoms with Gasteiger partial charge in [0.2, 0.25) is 5.91 Å². The number of rotatable bonds is 9. The Morgan fingerprint density at radius 2 is 1.83 bits per heavy atom. The second kappa shape index (κ2) is 11.0. The monoisotopic (exact) mass is 469 g/mol. The first-order chi connectivity index (χ1) is 17.0. The fourth-order valence-electron chi connectivity index (χ4n) is 4.21. The van der Waals surface area contributed by atoms with Crippen LogP contribution in [0.2, 0.25) is 0 Å². The number of benzene rings is 3. The van der Waals surface area contributed by atoms with Gasteiger partial charge in [-0.1, -0.05) is 42.5 Å². The SMILES string of the molecule is COc1cccc(-c2coc3cc(OC)c(/C(C)=C/C(=O)NC(C)CCc4ccccc4)cc23)c1. The molecule has 0 fully saturated rings. The Morgan fingerprint density at radius 1 is 1.03 bits per heavy atom. The zero-order valence-electron chi connectivity index (χ0n) is 20.6. The zero-order chi connectivity index (χ0) is 24.8. The number of furan rings is 1. The molecule has 4 aromatic rings. The van der Waals surface area contributed by atoms with E-state index in [0.29, 0.717) is 5.75 Å². The van der Waals surface area contributed by atoms with Crippen molar-refractivity contribution in [3.63, 3.8) is 0 Å². The van der Waals surface area contributed by atoms with Crippen LogP contribution in [0.4, 0.5) is 0 Å². The van der Waals surface area contributed by atoms with Crippen molar-refractivity contribution in [3.8, 4) is 22.6 Å². The van der Waals surface area contributed by atoms with Crippen molar-refractivity contribution in [2.45, 2.75) is 32.7 Å². The minimum atomic E-state index is -0.120. The van der Waals surface area contributed by atoms with E-state index in [1.807, 2.05) is 68.4 Å². The van der Waals surface area contributed by atoms with Gasteiger partial charge < -0.3 is 19.2 Å². The van der Waals surface area contributed by atoms with Crippen molar-refractivity contribution < 1.29 is 18.7 Å². The van der Waals surface area contributed by atoms with Gasteiger partial charge in [0, 0.05) is 34.7 Å². The number of ether oxygens (including phenoxy) is 2. The molecule has 1 unspecified atom stereocenters. The highest BCUT2D eigenvalue weighted by molar-refractivity contribution is 6.00. The van der Waals surface area contributed by atoms with Crippen molar-refractivity contribution in [1.82, 2.24) is 5.32 Å². The average Bonchev–Trinajstić information content (AvgIpc) is 3.30. The first-order valence-corrected chi connectivity index (χ1v) is 11.7. The lowest BCUT2D eigenvalue weighted by atomic mass is 9.99. The topological polar surface area (TPSA) is 60.7 Å². The summed E-state index contributed by atoms with van der Waals surface area (Å²) in [5.41, 5.74) is 5.59. The van der Waals surface area contributed by atoms with Gasteiger partial charge in [-0.05, 0) is 61.6 Å². The van der Waals surface area contributed by atoms with Crippen LogP contribution in [0.15, 0.2) is 83.5 Å². The standard InChI is InChI=1S/C30H31NO4/c1-20(15-30(32)31-21(2)13-14-22-9-6-5-7-10-22)25-17-26-27(19-35-29(26)18-28(25)34-4)23-11-8-12-24(16-23)33-3/h5-12,15-19,21H,13-14H2,1-4H3,(H,31,32)/b20-15+. The number of aryl methyl sites for hydroxylation is 1. The van der Waals surface area contributed by atoms with E-state index >= 15 is 0 Å². The molecule has 4 rings (SSSR count). The highest BCUT2D eigenvalue weighted by Crippen LogP contribution is 2.38. The van der Waals surface area contributed by atoms with Crippen LogP contribution in [0.3, 0.4) is 0 Å². The summed E-state index contributed by atoms with van der Waals surface area (Å²) in [6, 6.07) is 22.1. The molecule has 1 heterocycles. The molecule has 1 N–H and O–H groups in total. The van der Waals surface area contributed by atoms with Crippen LogP contribution in [-0.4, -0.2) is 26.2 Å². The van der Waals surface area contributed by atoms with Gasteiger partial charge in [-0.25, -0.2) is 0 Å². The van der Waals surface area contributed by atoms with Crippen LogP contribution in [0.5, 0.6) is 11.5 Å². The van der Waals surface area contributed by atoms with Crippen molar-refractivity contribution in [3.05, 3.63) is 90.2 Å². The predicted octanol–water partition coefficient (Wildman–Crippen LogP) is 6.66. The second-order valence-corrected chi connectivity index (χ2v) is 8.69. The number of nitrogens with one attached hydrogen (secondary N) is 1. The van der Waals surface area contributed by atoms with Gasteiger partial charge in [-0.15, -0.1) is 0 Å². The Hall–Kier alpha value is -3.99. The molecule has 1 aromatic heterocycles. The van der Waals surface area contributed by atoms with E-state index in [1.54, 1.807) is 26.6 Å². The molecule has 35 heavy (non-hydrogen) atoms. The van der Waals surface area contributed by atoms with Crippen LogP contribution >= 0.6 is 0 Å². The molecule has 1 atom stereocenters. The minimum absolute atomic E-state index is 0.0599. The van der Waals surface area contributed by atoms with Gasteiger partial charge in [0.25, 0.3) is 0 Å². The smallest absolute Gasteiger partial charge is 0.244 e. The molecular weight excluding hydrogens is 438 g/mol. The zero-order valence-corrected chi connectivity index (χ0v) is 20.6. The van der Waals surface area contributed by atoms with Crippen molar-refractivity contribution in [2.75, 3.05) is 14.2 Å². The first kappa shape index (κ1) is 24.1. The summed E-state index contributed by atoms with van der Waals surface area (Å²) in [6.45, 7) is 3.95. The first-order valence-electron chi connectivity index (χ1n) is 11.7. The molecule has 5 nitrogen and oxygen atoms in total. The molecule has 0 saturated heterocycles. The highest BCUT2D eigenvalue weighted by Gasteiger charge is 2.16. The summed E-state index contributed by atoms with van der Waals surface area (Å²) >= 11 is 0. The molecule has 0 bridgehead atoms. The Kier molecular flexibility index (Phi) is 7.56. The Labute approximate surface area is 206 Å². The van der Waals surface area contributed by atoms with Crippen LogP contribution in [-0.2, 0) is 11.2 Å². The predicted molar refractivity (Wildman–Crippen MR) is 141 cm³/mol. The minimum Gasteiger partial charge on any atom is -0.497 e. The number of carbonyl (C=O) groups is 1. The number of hydrogen-bond donors (Lipinski definition) is 1. The Morgan fingerprint density at radius 3 is 2.57 bits per heavy atom. The van der Waals surface area contributed by atoms with Gasteiger partial charge in [-0.3, -0.25) is 4.79 Å². The van der Waals surface area contributed by atoms with E-state index in [4.69, 9.17) is 13.9 Å². The van der Waals surface area contributed by atoms with E-state index in [0.717, 1.165) is 51.8 Å². The summed E-state index contributed by atoms with van der Waals surface area (Å²) < 4.78 is 16.8. The maximum absolute atomic E-state index is 12.8. The van der Waals surface area contributed by atoms with Gasteiger partial charge in [0.05, 0.1) is 20.5 Å². The summed E-state index contributed by atoms with van der Waals surface area (Å²) in [5.74, 6) is 1.31. The van der Waals surface area contributed by atoms with E-state index in [9.17, 15) is 4.79 Å². The largest absolute Gasteiger partial charge is 0.497 e. The van der Waals surface area contributed by atoms with Gasteiger partial charge in [-0.2, -0.15) is 0 Å². The third-order valence-corrected chi connectivity index (χ3v) is 6.15. The Balaban J connectivity index is 1.55. The molecule has 0 spiro atoms. The van der Waals surface area contributed by atoms with Crippen molar-refractivity contribution in [2.24, 2.45) is 0 Å². The molecule has 3 aromatic carbocycles. The molecule has 0 aliphatic heterocycles. The maximum atomic E-state index is 12.8. The number of allylic oxidation sites excluding steroid dienone is 1. The lowest BCUT2D eigenvalue weighted by Crippen LogP contribution is -2.31. The number of carbonyl (C=O) groups excluding carboxylic acids is 1. The summed E-state index contributed by atoms with van der Waals surface area (Å²) in [6.07, 6.45) is 5.16. The summed E-state index contributed by atoms with van der Waals surface area (Å²) in [5, 5.41) is 4.02. The number of hydrogen-bond acceptors (Lipinski definition) is 4. The fraction of sp³-hybridized carbons (Fsp3) is 0.233. The fourth-order valence-corrected chi connectivity index (χ4v) is 4.21. The van der Waals surface area contributed by atoms with Gasteiger partial charge in [0.1, 0.15) is 17.1 Å². The lowest BCUT2D eigenvalue weighted by molar-refractivity contribution is -0.117. The normalized spacial score (nSPS) is 12.4. The average molecular weight is 470 g/mol. The van der Waals surface area contributed by atoms with Crippen LogP contribution in [0.1, 0.15) is 31.4 Å². The molecule has 0 aliphatic carbocycles. The van der Waals surface area contributed by atoms with E-state index < -0.39 is 0 Å². The third kappa shape index (κ3) is 5.75. The van der Waals surface area contributed by atoms with Gasteiger partial charge >= 0.3 is 0 Å². The van der Waals surface area contributed by atoms with E-state index in [-0.39, 0.29) is 11.9 Å². The number of amides is 1. The molecule has 180 valence electrons. The molecule has 1 amide bonds. The maximum Gasteiger partial charge on any atom is 0.244 e. The molecule has 5 heteroatoms. The van der Waals surface area contributed by atoms with Crippen molar-refractivity contribution >= 4 is 22.4 Å². The summed E-state index contributed by atoms with van der Waals surface area (Å²) in [4.78, 5) is 12.8. The van der Waals surface area contributed by atoms with E-state index in [1.165, 1.54) is 5.56 Å². The van der Waals surface area contributed by atoms with Crippen LogP contribution in [0.25, 0.3) is 27.7 Å². The molecule has 0 aliphatic rings. The second-order valence-electron chi connectivity index (χ2n) is 8.69. The summed E-state index contributed by atoms with van der Waals surface area (Å²) in [7, 11) is 3.27. The molecular formula is C30H31NO4. The lowest BCUT2D eigenvalue weighted by Gasteiger charge is -2.14. The van der Waals surface area contributed by atoms with Crippen LogP contribution < -0.4 is 14.8 Å². The number of fused-ring (bicyclic) bond motifs is 1. The highest BCUT2D eigenvalue weighted by atomic mass is 16.5.